The minimum atomic E-state index is -3.74. The first-order valence-electron chi connectivity index (χ1n) is 11.1. The lowest BCUT2D eigenvalue weighted by molar-refractivity contribution is -0.118. The van der Waals surface area contributed by atoms with Gasteiger partial charge in [0.15, 0.2) is 12.4 Å². The summed E-state index contributed by atoms with van der Waals surface area (Å²) in [4.78, 5) is 12.7. The van der Waals surface area contributed by atoms with Crippen molar-refractivity contribution in [1.29, 1.82) is 5.26 Å². The number of carbonyl (C=O) groups excluding carboxylic acids is 1. The Balaban J connectivity index is 1.82. The van der Waals surface area contributed by atoms with E-state index in [1.54, 1.807) is 50.2 Å². The van der Waals surface area contributed by atoms with Gasteiger partial charge >= 0.3 is 0 Å². The fraction of sp³-hybridized carbons (Fsp3) is 0.231. The molecule has 0 aliphatic carbocycles. The smallest absolute Gasteiger partial charge is 0.262 e. The van der Waals surface area contributed by atoms with Crippen LogP contribution in [0.15, 0.2) is 77.7 Å². The number of nitrogens with one attached hydrogen (secondary N) is 1. The van der Waals surface area contributed by atoms with Crippen molar-refractivity contribution < 1.29 is 22.7 Å². The number of sulfonamides is 1. The van der Waals surface area contributed by atoms with E-state index in [1.807, 2.05) is 18.2 Å². The van der Waals surface area contributed by atoms with Gasteiger partial charge < -0.3 is 14.8 Å². The highest BCUT2D eigenvalue weighted by Crippen LogP contribution is 2.32. The zero-order chi connectivity index (χ0) is 25.3. The molecule has 0 aromatic heterocycles. The number of rotatable bonds is 11. The summed E-state index contributed by atoms with van der Waals surface area (Å²) in [6, 6.07) is 22.3. The molecule has 0 radical (unpaired) electrons. The summed E-state index contributed by atoms with van der Waals surface area (Å²) in [5.74, 6) is 0.821. The van der Waals surface area contributed by atoms with Crippen molar-refractivity contribution in [3.63, 3.8) is 0 Å². The van der Waals surface area contributed by atoms with Crippen LogP contribution < -0.4 is 14.8 Å². The van der Waals surface area contributed by atoms with Crippen LogP contribution in [0.2, 0.25) is 0 Å². The number of para-hydroxylation sites is 1. The standard InChI is InChI=1S/C26H27N3O5S/c1-3-29(4-2)35(31,32)23-14-15-25(34-22-8-6-5-7-9-22)24(18-23)28-26(30)19-33-21-12-10-20(11-13-21)16-17-27/h5-15,18H,3-4,16,19H2,1-2H3,(H,28,30). The predicted molar refractivity (Wildman–Crippen MR) is 133 cm³/mol. The third kappa shape index (κ3) is 6.82. The molecule has 9 heteroatoms. The van der Waals surface area contributed by atoms with Crippen molar-refractivity contribution >= 4 is 21.6 Å². The summed E-state index contributed by atoms with van der Waals surface area (Å²) >= 11 is 0. The zero-order valence-corrected chi connectivity index (χ0v) is 20.4. The van der Waals surface area contributed by atoms with Crippen molar-refractivity contribution in [3.05, 3.63) is 78.4 Å². The van der Waals surface area contributed by atoms with Crippen LogP contribution in [0, 0.1) is 11.3 Å². The Bertz CT molecular complexity index is 1280. The fourth-order valence-electron chi connectivity index (χ4n) is 3.31. The van der Waals surface area contributed by atoms with E-state index >= 15 is 0 Å². The van der Waals surface area contributed by atoms with Crippen LogP contribution in [0.3, 0.4) is 0 Å². The van der Waals surface area contributed by atoms with E-state index in [0.29, 0.717) is 30.3 Å². The summed E-state index contributed by atoms with van der Waals surface area (Å²) < 4.78 is 38.8. The van der Waals surface area contributed by atoms with Crippen LogP contribution >= 0.6 is 0 Å². The summed E-state index contributed by atoms with van der Waals surface area (Å²) in [7, 11) is -3.74. The van der Waals surface area contributed by atoms with Crippen molar-refractivity contribution in [1.82, 2.24) is 4.31 Å². The molecule has 8 nitrogen and oxygen atoms in total. The van der Waals surface area contributed by atoms with Crippen molar-refractivity contribution in [2.75, 3.05) is 25.0 Å². The van der Waals surface area contributed by atoms with Crippen LogP contribution in [0.25, 0.3) is 0 Å². The number of hydrogen-bond acceptors (Lipinski definition) is 6. The molecule has 0 saturated carbocycles. The highest BCUT2D eigenvalue weighted by atomic mass is 32.2. The molecule has 0 aliphatic rings. The Hall–Kier alpha value is -3.87. The summed E-state index contributed by atoms with van der Waals surface area (Å²) in [6.07, 6.45) is 0.289. The Morgan fingerprint density at radius 2 is 1.66 bits per heavy atom. The van der Waals surface area contributed by atoms with E-state index in [-0.39, 0.29) is 23.6 Å². The number of anilines is 1. The average molecular weight is 494 g/mol. The normalized spacial score (nSPS) is 11.0. The zero-order valence-electron chi connectivity index (χ0n) is 19.6. The molecule has 3 rings (SSSR count). The number of amides is 1. The predicted octanol–water partition coefficient (Wildman–Crippen LogP) is 4.59. The van der Waals surface area contributed by atoms with Crippen molar-refractivity contribution in [2.45, 2.75) is 25.2 Å². The van der Waals surface area contributed by atoms with Crippen LogP contribution in [-0.2, 0) is 21.2 Å². The van der Waals surface area contributed by atoms with Gasteiger partial charge in [0.2, 0.25) is 10.0 Å². The molecule has 0 aliphatic heterocycles. The Morgan fingerprint density at radius 1 is 0.971 bits per heavy atom. The highest BCUT2D eigenvalue weighted by Gasteiger charge is 2.23. The Labute approximate surface area is 205 Å². The lowest BCUT2D eigenvalue weighted by Gasteiger charge is -2.20. The van der Waals surface area contributed by atoms with E-state index in [9.17, 15) is 13.2 Å². The van der Waals surface area contributed by atoms with E-state index in [2.05, 4.69) is 11.4 Å². The molecule has 0 unspecified atom stereocenters. The van der Waals surface area contributed by atoms with Gasteiger partial charge in [-0.2, -0.15) is 9.57 Å². The number of hydrogen-bond donors (Lipinski definition) is 1. The molecule has 35 heavy (non-hydrogen) atoms. The number of carbonyl (C=O) groups is 1. The summed E-state index contributed by atoms with van der Waals surface area (Å²) in [6.45, 7) is 3.88. The van der Waals surface area contributed by atoms with E-state index in [4.69, 9.17) is 14.7 Å². The molecule has 3 aromatic rings. The molecule has 182 valence electrons. The van der Waals surface area contributed by atoms with Gasteiger partial charge in [0, 0.05) is 13.1 Å². The van der Waals surface area contributed by atoms with Crippen molar-refractivity contribution in [2.24, 2.45) is 0 Å². The molecular formula is C26H27N3O5S. The molecule has 0 bridgehead atoms. The van der Waals surface area contributed by atoms with Gasteiger partial charge in [0.25, 0.3) is 5.91 Å². The van der Waals surface area contributed by atoms with Crippen LogP contribution in [0.4, 0.5) is 5.69 Å². The first kappa shape index (κ1) is 25.7. The topological polar surface area (TPSA) is 109 Å². The largest absolute Gasteiger partial charge is 0.484 e. The fourth-order valence-corrected chi connectivity index (χ4v) is 4.80. The molecule has 1 amide bonds. The van der Waals surface area contributed by atoms with Crippen LogP contribution in [-0.4, -0.2) is 38.3 Å². The van der Waals surface area contributed by atoms with Crippen molar-refractivity contribution in [3.8, 4) is 23.3 Å². The molecular weight excluding hydrogens is 466 g/mol. The second kappa shape index (κ2) is 12.0. The van der Waals surface area contributed by atoms with Crippen LogP contribution in [0.5, 0.6) is 17.2 Å². The maximum atomic E-state index is 13.0. The lowest BCUT2D eigenvalue weighted by atomic mass is 10.2. The molecule has 0 saturated heterocycles. The first-order chi connectivity index (χ1) is 16.9. The molecule has 0 atom stereocenters. The molecule has 0 spiro atoms. The maximum absolute atomic E-state index is 13.0. The van der Waals surface area contributed by atoms with Gasteiger partial charge in [-0.05, 0) is 48.0 Å². The number of ether oxygens (including phenoxy) is 2. The van der Waals surface area contributed by atoms with Crippen LogP contribution in [0.1, 0.15) is 19.4 Å². The Kier molecular flexibility index (Phi) is 8.84. The summed E-state index contributed by atoms with van der Waals surface area (Å²) in [5, 5.41) is 11.5. The average Bonchev–Trinajstić information content (AvgIpc) is 2.86. The highest BCUT2D eigenvalue weighted by molar-refractivity contribution is 7.89. The lowest BCUT2D eigenvalue weighted by Crippen LogP contribution is -2.30. The number of benzene rings is 3. The molecule has 1 N–H and O–H groups in total. The minimum Gasteiger partial charge on any atom is -0.484 e. The second-order valence-corrected chi connectivity index (χ2v) is 9.42. The van der Waals surface area contributed by atoms with Gasteiger partial charge in [-0.25, -0.2) is 8.42 Å². The quantitative estimate of drug-likeness (QED) is 0.418. The second-order valence-electron chi connectivity index (χ2n) is 7.48. The van der Waals surface area contributed by atoms with Gasteiger partial charge in [-0.15, -0.1) is 0 Å². The number of nitrogens with zero attached hydrogens (tertiary/aromatic N) is 2. The molecule has 3 aromatic carbocycles. The minimum absolute atomic E-state index is 0.0471. The van der Waals surface area contributed by atoms with Gasteiger partial charge in [0.05, 0.1) is 23.1 Å². The number of nitriles is 1. The molecule has 0 heterocycles. The van der Waals surface area contributed by atoms with Gasteiger partial charge in [-0.3, -0.25) is 4.79 Å². The van der Waals surface area contributed by atoms with E-state index in [1.165, 1.54) is 22.5 Å². The van der Waals surface area contributed by atoms with E-state index in [0.717, 1.165) is 5.56 Å². The monoisotopic (exact) mass is 493 g/mol. The van der Waals surface area contributed by atoms with Gasteiger partial charge in [-0.1, -0.05) is 44.2 Å². The third-order valence-corrected chi connectivity index (χ3v) is 7.16. The van der Waals surface area contributed by atoms with Gasteiger partial charge in [0.1, 0.15) is 11.5 Å². The summed E-state index contributed by atoms with van der Waals surface area (Å²) in [5.41, 5.74) is 1.05. The third-order valence-electron chi connectivity index (χ3n) is 5.12. The molecule has 0 fully saturated rings. The Morgan fingerprint density at radius 3 is 2.29 bits per heavy atom. The van der Waals surface area contributed by atoms with E-state index < -0.39 is 15.9 Å². The maximum Gasteiger partial charge on any atom is 0.262 e. The first-order valence-corrected chi connectivity index (χ1v) is 12.6. The SMILES string of the molecule is CCN(CC)S(=O)(=O)c1ccc(Oc2ccccc2)c(NC(=O)COc2ccc(CC#N)cc2)c1.